The van der Waals surface area contributed by atoms with Crippen molar-refractivity contribution in [1.82, 2.24) is 19.8 Å². The van der Waals surface area contributed by atoms with Gasteiger partial charge in [-0.3, -0.25) is 24.0 Å². The monoisotopic (exact) mass is 436 g/mol. The van der Waals surface area contributed by atoms with Crippen LogP contribution in [0.25, 0.3) is 11.0 Å². The minimum Gasteiger partial charge on any atom is -0.378 e. The number of carbonyl (C=O) groups excluding carboxylic acids is 2. The molecule has 0 spiro atoms. The van der Waals surface area contributed by atoms with Crippen LogP contribution in [-0.2, 0) is 27.8 Å². The number of aromatic nitrogens is 2. The van der Waals surface area contributed by atoms with Crippen molar-refractivity contribution in [2.24, 2.45) is 7.05 Å². The van der Waals surface area contributed by atoms with Gasteiger partial charge in [0.1, 0.15) is 6.04 Å². The predicted octanol–water partition coefficient (Wildman–Crippen LogP) is 1.44. The van der Waals surface area contributed by atoms with E-state index < -0.39 is 11.9 Å². The lowest BCUT2D eigenvalue weighted by Gasteiger charge is -2.23. The van der Waals surface area contributed by atoms with Gasteiger partial charge in [-0.25, -0.2) is 4.79 Å². The molecule has 0 aliphatic carbocycles. The van der Waals surface area contributed by atoms with E-state index in [2.05, 4.69) is 10.6 Å². The number of nitrogens with one attached hydrogen (secondary N) is 2. The molecule has 9 heteroatoms. The number of carbonyl (C=O) groups is 2. The summed E-state index contributed by atoms with van der Waals surface area (Å²) in [7, 11) is 1.74. The topological polar surface area (TPSA) is 94.4 Å². The molecule has 2 saturated heterocycles. The summed E-state index contributed by atoms with van der Waals surface area (Å²) in [6.07, 6.45) is 4.71. The number of piperidine rings is 2. The van der Waals surface area contributed by atoms with Crippen LogP contribution in [0.1, 0.15) is 43.7 Å². The highest BCUT2D eigenvalue weighted by molar-refractivity contribution is 6.00. The van der Waals surface area contributed by atoms with Crippen molar-refractivity contribution in [2.45, 2.75) is 50.7 Å². The molecule has 1 atom stereocenters. The smallest absolute Gasteiger partial charge is 0.329 e. The Morgan fingerprint density at radius 1 is 1.13 bits per heavy atom. The average molecular weight is 437 g/mol. The van der Waals surface area contributed by atoms with Gasteiger partial charge < -0.3 is 10.1 Å². The van der Waals surface area contributed by atoms with E-state index in [4.69, 9.17) is 4.74 Å². The zero-order valence-corrected chi connectivity index (χ0v) is 18.0. The molecular weight excluding hydrogens is 408 g/mol. The summed E-state index contributed by atoms with van der Waals surface area (Å²) in [6.45, 7) is 2.72. The van der Waals surface area contributed by atoms with Crippen LogP contribution in [0.2, 0.25) is 0 Å². The number of para-hydroxylation sites is 1. The third-order valence-corrected chi connectivity index (χ3v) is 5.94. The molecule has 4 rings (SSSR count). The summed E-state index contributed by atoms with van der Waals surface area (Å²) >= 11 is 0. The number of aryl methyl sites for hydroxylation is 2. The second kappa shape index (κ2) is 9.76. The zero-order chi connectivity index (χ0) is 20.4. The van der Waals surface area contributed by atoms with Crippen molar-refractivity contribution >= 4 is 35.3 Å². The summed E-state index contributed by atoms with van der Waals surface area (Å²) in [5, 5.41) is 5.68. The first-order valence-electron chi connectivity index (χ1n) is 10.4. The van der Waals surface area contributed by atoms with Crippen molar-refractivity contribution in [2.75, 3.05) is 19.7 Å². The number of imidazole rings is 1. The zero-order valence-electron chi connectivity index (χ0n) is 17.2. The number of amides is 2. The number of benzene rings is 1. The van der Waals surface area contributed by atoms with Gasteiger partial charge in [-0.15, -0.1) is 12.4 Å². The summed E-state index contributed by atoms with van der Waals surface area (Å²) in [5.74, 6) is -0.689. The number of fused-ring (bicyclic) bond motifs is 1. The highest BCUT2D eigenvalue weighted by Gasteiger charge is 2.31. The first-order valence-corrected chi connectivity index (χ1v) is 10.4. The van der Waals surface area contributed by atoms with Gasteiger partial charge in [0.05, 0.1) is 17.1 Å². The van der Waals surface area contributed by atoms with Crippen molar-refractivity contribution in [1.29, 1.82) is 0 Å². The van der Waals surface area contributed by atoms with E-state index in [1.807, 2.05) is 18.2 Å². The number of hydrogen-bond donors (Lipinski definition) is 2. The van der Waals surface area contributed by atoms with E-state index in [9.17, 15) is 14.4 Å². The van der Waals surface area contributed by atoms with E-state index in [0.29, 0.717) is 19.1 Å². The van der Waals surface area contributed by atoms with E-state index in [1.54, 1.807) is 11.6 Å². The number of nitrogens with zero attached hydrogens (tertiary/aromatic N) is 2. The fourth-order valence-corrected chi connectivity index (χ4v) is 4.43. The normalized spacial score (nSPS) is 20.2. The van der Waals surface area contributed by atoms with Crippen molar-refractivity contribution in [3.8, 4) is 0 Å². The first kappa shape index (κ1) is 22.5. The van der Waals surface area contributed by atoms with Crippen molar-refractivity contribution in [3.63, 3.8) is 0 Å². The van der Waals surface area contributed by atoms with Gasteiger partial charge in [0.15, 0.2) is 0 Å². The van der Waals surface area contributed by atoms with Gasteiger partial charge in [0.25, 0.3) is 0 Å². The predicted molar refractivity (Wildman–Crippen MR) is 116 cm³/mol. The Bertz CT molecular complexity index is 977. The van der Waals surface area contributed by atoms with Crippen LogP contribution >= 0.6 is 12.4 Å². The molecule has 2 aliphatic heterocycles. The van der Waals surface area contributed by atoms with Crippen LogP contribution in [0.4, 0.5) is 0 Å². The lowest BCUT2D eigenvalue weighted by molar-refractivity contribution is -0.135. The van der Waals surface area contributed by atoms with Crippen LogP contribution < -0.4 is 16.3 Å². The van der Waals surface area contributed by atoms with Crippen LogP contribution in [0.15, 0.2) is 23.0 Å². The number of rotatable bonds is 6. The number of imide groups is 1. The van der Waals surface area contributed by atoms with Crippen molar-refractivity contribution < 1.29 is 14.3 Å². The molecule has 0 saturated carbocycles. The Balaban J connectivity index is 0.00000256. The molecule has 0 radical (unpaired) electrons. The Labute approximate surface area is 181 Å². The maximum atomic E-state index is 12.9. The molecule has 1 unspecified atom stereocenters. The van der Waals surface area contributed by atoms with Gasteiger partial charge in [-0.05, 0) is 56.8 Å². The quantitative estimate of drug-likeness (QED) is 0.528. The third kappa shape index (κ3) is 4.45. The summed E-state index contributed by atoms with van der Waals surface area (Å²) in [6, 6.07) is 5.17. The Morgan fingerprint density at radius 3 is 2.63 bits per heavy atom. The highest BCUT2D eigenvalue weighted by Crippen LogP contribution is 2.25. The molecule has 2 aromatic rings. The Kier molecular flexibility index (Phi) is 7.33. The standard InChI is InChI=1S/C21H28N4O4.ClH/c1-24-19-14(5-3-13-29-15-9-11-22-12-10-15)4-2-6-16(19)25(21(24)28)17-7-8-18(26)23-20(17)27;/h2,4,6,15,17,22H,3,5,7-13H2,1H3,(H,23,26,27);1H. The van der Waals surface area contributed by atoms with Gasteiger partial charge in [0.2, 0.25) is 11.8 Å². The average Bonchev–Trinajstić information content (AvgIpc) is 2.98. The molecule has 30 heavy (non-hydrogen) atoms. The SMILES string of the molecule is Cl.Cn1c(=O)n(C2CCC(=O)NC2=O)c2cccc(CCCOC3CCNCC3)c21. The molecule has 2 amide bonds. The highest BCUT2D eigenvalue weighted by atomic mass is 35.5. The molecule has 164 valence electrons. The number of halogens is 1. The Hall–Kier alpha value is -2.16. The lowest BCUT2D eigenvalue weighted by atomic mass is 10.0. The first-order chi connectivity index (χ1) is 14.1. The fourth-order valence-electron chi connectivity index (χ4n) is 4.43. The third-order valence-electron chi connectivity index (χ3n) is 5.94. The van der Waals surface area contributed by atoms with Gasteiger partial charge in [-0.2, -0.15) is 0 Å². The Morgan fingerprint density at radius 2 is 1.90 bits per heavy atom. The molecule has 1 aromatic heterocycles. The van der Waals surface area contributed by atoms with Crippen LogP contribution in [0.5, 0.6) is 0 Å². The van der Waals surface area contributed by atoms with Gasteiger partial charge in [-0.1, -0.05) is 12.1 Å². The van der Waals surface area contributed by atoms with Gasteiger partial charge >= 0.3 is 5.69 Å². The second-order valence-corrected chi connectivity index (χ2v) is 7.89. The van der Waals surface area contributed by atoms with Crippen LogP contribution in [0, 0.1) is 0 Å². The molecule has 2 aliphatic rings. The number of ether oxygens (including phenoxy) is 1. The van der Waals surface area contributed by atoms with Gasteiger partial charge in [0, 0.05) is 20.1 Å². The molecular formula is C21H29ClN4O4. The largest absolute Gasteiger partial charge is 0.378 e. The van der Waals surface area contributed by atoms with Crippen LogP contribution in [-0.4, -0.2) is 46.7 Å². The summed E-state index contributed by atoms with van der Waals surface area (Å²) < 4.78 is 9.14. The summed E-state index contributed by atoms with van der Waals surface area (Å²) in [4.78, 5) is 36.7. The van der Waals surface area contributed by atoms with E-state index in [1.165, 1.54) is 4.57 Å². The minimum atomic E-state index is -0.651. The van der Waals surface area contributed by atoms with E-state index in [0.717, 1.165) is 55.4 Å². The molecule has 8 nitrogen and oxygen atoms in total. The van der Waals surface area contributed by atoms with Crippen LogP contribution in [0.3, 0.4) is 0 Å². The molecule has 3 heterocycles. The lowest BCUT2D eigenvalue weighted by Crippen LogP contribution is -2.44. The fraction of sp³-hybridized carbons (Fsp3) is 0.571. The minimum absolute atomic E-state index is 0. The second-order valence-electron chi connectivity index (χ2n) is 7.89. The number of hydrogen-bond acceptors (Lipinski definition) is 5. The molecule has 2 fully saturated rings. The molecule has 1 aromatic carbocycles. The van der Waals surface area contributed by atoms with E-state index >= 15 is 0 Å². The summed E-state index contributed by atoms with van der Waals surface area (Å²) in [5.41, 5.74) is 2.43. The van der Waals surface area contributed by atoms with E-state index in [-0.39, 0.29) is 30.4 Å². The molecule has 0 bridgehead atoms. The molecule has 2 N–H and O–H groups in total. The van der Waals surface area contributed by atoms with Crippen molar-refractivity contribution in [3.05, 3.63) is 34.2 Å². The maximum Gasteiger partial charge on any atom is 0.329 e. The maximum absolute atomic E-state index is 12.9.